The fraction of sp³-hybridized carbons (Fsp3) is 0.333. The van der Waals surface area contributed by atoms with Gasteiger partial charge in [-0.3, -0.25) is 9.36 Å². The molecule has 0 aliphatic carbocycles. The zero-order valence-electron chi connectivity index (χ0n) is 8.52. The van der Waals surface area contributed by atoms with E-state index in [4.69, 9.17) is 5.73 Å². The number of hydrogen-bond acceptors (Lipinski definition) is 3. The minimum Gasteiger partial charge on any atom is -0.384 e. The third kappa shape index (κ3) is 1.26. The maximum absolute atomic E-state index is 5.71. The van der Waals surface area contributed by atoms with E-state index < -0.39 is 0 Å². The molecule has 0 bridgehead atoms. The Bertz CT molecular complexity index is 446. The van der Waals surface area contributed by atoms with E-state index in [1.165, 1.54) is 0 Å². The highest BCUT2D eigenvalue weighted by Gasteiger charge is 2.09. The van der Waals surface area contributed by atoms with E-state index in [9.17, 15) is 0 Å². The Hall–Kier alpha value is -1.78. The molecule has 5 nitrogen and oxygen atoms in total. The van der Waals surface area contributed by atoms with Crippen molar-refractivity contribution in [3.63, 3.8) is 0 Å². The van der Waals surface area contributed by atoms with Crippen molar-refractivity contribution in [1.82, 2.24) is 19.6 Å². The molecule has 2 rings (SSSR count). The van der Waals surface area contributed by atoms with Crippen LogP contribution < -0.4 is 5.73 Å². The third-order valence-electron chi connectivity index (χ3n) is 2.18. The van der Waals surface area contributed by atoms with Crippen LogP contribution >= 0.6 is 0 Å². The lowest BCUT2D eigenvalue weighted by atomic mass is 10.3. The van der Waals surface area contributed by atoms with Crippen molar-refractivity contribution in [2.75, 3.05) is 5.73 Å². The van der Waals surface area contributed by atoms with Crippen molar-refractivity contribution >= 4 is 5.82 Å². The molecule has 2 N–H and O–H groups in total. The number of anilines is 1. The first-order chi connectivity index (χ1) is 6.58. The number of nitrogen functional groups attached to an aromatic ring is 1. The SMILES string of the molecule is Cc1cc(-c2cc(N)n(C)n2)n(C)n1. The Morgan fingerprint density at radius 3 is 2.29 bits per heavy atom. The number of nitrogens with zero attached hydrogens (tertiary/aromatic N) is 4. The van der Waals surface area contributed by atoms with Crippen molar-refractivity contribution < 1.29 is 0 Å². The van der Waals surface area contributed by atoms with E-state index in [1.54, 1.807) is 9.36 Å². The van der Waals surface area contributed by atoms with Gasteiger partial charge in [0.25, 0.3) is 0 Å². The van der Waals surface area contributed by atoms with E-state index in [-0.39, 0.29) is 0 Å². The average molecular weight is 191 g/mol. The Labute approximate surface area is 82.1 Å². The maximum Gasteiger partial charge on any atom is 0.122 e. The lowest BCUT2D eigenvalue weighted by molar-refractivity contribution is 0.748. The normalized spacial score (nSPS) is 10.8. The van der Waals surface area contributed by atoms with Crippen molar-refractivity contribution in [3.8, 4) is 11.4 Å². The summed E-state index contributed by atoms with van der Waals surface area (Å²) in [4.78, 5) is 0. The molecule has 2 aromatic heterocycles. The Balaban J connectivity index is 2.54. The standard InChI is InChI=1S/C9H13N5/c1-6-4-8(13(2)11-6)7-5-9(10)14(3)12-7/h4-5H,10H2,1-3H3. The van der Waals surface area contributed by atoms with Crippen LogP contribution in [0.3, 0.4) is 0 Å². The first-order valence-corrected chi connectivity index (χ1v) is 4.38. The van der Waals surface area contributed by atoms with Gasteiger partial charge in [-0.05, 0) is 13.0 Å². The molecule has 14 heavy (non-hydrogen) atoms. The van der Waals surface area contributed by atoms with Gasteiger partial charge in [0, 0.05) is 20.2 Å². The van der Waals surface area contributed by atoms with Gasteiger partial charge in [0.1, 0.15) is 11.5 Å². The van der Waals surface area contributed by atoms with Crippen molar-refractivity contribution in [3.05, 3.63) is 17.8 Å². The molecule has 5 heteroatoms. The van der Waals surface area contributed by atoms with Crippen LogP contribution in [0.2, 0.25) is 0 Å². The highest BCUT2D eigenvalue weighted by Crippen LogP contribution is 2.19. The van der Waals surface area contributed by atoms with E-state index in [0.29, 0.717) is 5.82 Å². The predicted molar refractivity (Wildman–Crippen MR) is 54.6 cm³/mol. The molecule has 0 unspecified atom stereocenters. The summed E-state index contributed by atoms with van der Waals surface area (Å²) < 4.78 is 3.45. The van der Waals surface area contributed by atoms with Crippen molar-refractivity contribution in [1.29, 1.82) is 0 Å². The lowest BCUT2D eigenvalue weighted by Gasteiger charge is -1.95. The first kappa shape index (κ1) is 8.80. The monoisotopic (exact) mass is 191 g/mol. The molecule has 74 valence electrons. The molecule has 0 spiro atoms. The topological polar surface area (TPSA) is 61.7 Å². The van der Waals surface area contributed by atoms with Crippen LogP contribution in [0.1, 0.15) is 5.69 Å². The average Bonchev–Trinajstić information content (AvgIpc) is 2.57. The zero-order valence-corrected chi connectivity index (χ0v) is 8.52. The summed E-state index contributed by atoms with van der Waals surface area (Å²) in [7, 11) is 3.72. The third-order valence-corrected chi connectivity index (χ3v) is 2.18. The molecule has 0 aliphatic heterocycles. The highest BCUT2D eigenvalue weighted by molar-refractivity contribution is 5.58. The zero-order chi connectivity index (χ0) is 10.3. The van der Waals surface area contributed by atoms with Gasteiger partial charge in [-0.15, -0.1) is 0 Å². The van der Waals surface area contributed by atoms with Crippen molar-refractivity contribution in [2.45, 2.75) is 6.92 Å². The molecular formula is C9H13N5. The minimum atomic E-state index is 0.652. The molecule has 0 saturated heterocycles. The van der Waals surface area contributed by atoms with Gasteiger partial charge in [0.2, 0.25) is 0 Å². The summed E-state index contributed by atoms with van der Waals surface area (Å²) in [6.07, 6.45) is 0. The van der Waals surface area contributed by atoms with Crippen LogP contribution in [0.4, 0.5) is 5.82 Å². The maximum atomic E-state index is 5.71. The van der Waals surface area contributed by atoms with E-state index in [0.717, 1.165) is 17.1 Å². The largest absolute Gasteiger partial charge is 0.384 e. The van der Waals surface area contributed by atoms with Crippen LogP contribution in [0.25, 0.3) is 11.4 Å². The fourth-order valence-corrected chi connectivity index (χ4v) is 1.46. The van der Waals surface area contributed by atoms with Gasteiger partial charge in [0.15, 0.2) is 0 Å². The van der Waals surface area contributed by atoms with Gasteiger partial charge in [0.05, 0.1) is 11.4 Å². The van der Waals surface area contributed by atoms with Crippen LogP contribution in [0, 0.1) is 6.92 Å². The molecule has 0 saturated carbocycles. The first-order valence-electron chi connectivity index (χ1n) is 4.38. The second-order valence-electron chi connectivity index (χ2n) is 3.37. The van der Waals surface area contributed by atoms with Gasteiger partial charge in [-0.25, -0.2) is 0 Å². The Morgan fingerprint density at radius 1 is 1.14 bits per heavy atom. The summed E-state index contributed by atoms with van der Waals surface area (Å²) in [5.74, 6) is 0.652. The van der Waals surface area contributed by atoms with Crippen LogP contribution in [0.5, 0.6) is 0 Å². The molecule has 0 aliphatic rings. The lowest BCUT2D eigenvalue weighted by Crippen LogP contribution is -1.97. The second kappa shape index (κ2) is 2.87. The van der Waals surface area contributed by atoms with E-state index in [2.05, 4.69) is 10.2 Å². The Kier molecular flexibility index (Phi) is 1.80. The van der Waals surface area contributed by atoms with Crippen molar-refractivity contribution in [2.24, 2.45) is 14.1 Å². The minimum absolute atomic E-state index is 0.652. The van der Waals surface area contributed by atoms with Gasteiger partial charge in [-0.1, -0.05) is 0 Å². The molecule has 0 fully saturated rings. The van der Waals surface area contributed by atoms with Gasteiger partial charge >= 0.3 is 0 Å². The summed E-state index contributed by atoms with van der Waals surface area (Å²) in [5.41, 5.74) is 8.52. The number of aryl methyl sites for hydroxylation is 3. The van der Waals surface area contributed by atoms with Crippen LogP contribution in [-0.2, 0) is 14.1 Å². The smallest absolute Gasteiger partial charge is 0.122 e. The molecule has 2 aromatic rings. The number of rotatable bonds is 1. The Morgan fingerprint density at radius 2 is 1.86 bits per heavy atom. The summed E-state index contributed by atoms with van der Waals surface area (Å²) in [6.45, 7) is 1.95. The molecule has 0 amide bonds. The number of nitrogens with two attached hydrogens (primary N) is 1. The van der Waals surface area contributed by atoms with Crippen LogP contribution in [0.15, 0.2) is 12.1 Å². The summed E-state index contributed by atoms with van der Waals surface area (Å²) in [5, 5.41) is 8.54. The van der Waals surface area contributed by atoms with Crippen LogP contribution in [-0.4, -0.2) is 19.6 Å². The summed E-state index contributed by atoms with van der Waals surface area (Å²) in [6, 6.07) is 3.83. The molecule has 2 heterocycles. The number of aromatic nitrogens is 4. The molecular weight excluding hydrogens is 178 g/mol. The molecule has 0 atom stereocenters. The van der Waals surface area contributed by atoms with E-state index >= 15 is 0 Å². The van der Waals surface area contributed by atoms with Gasteiger partial charge < -0.3 is 5.73 Å². The fourth-order valence-electron chi connectivity index (χ4n) is 1.46. The predicted octanol–water partition coefficient (Wildman–Crippen LogP) is 0.711. The number of hydrogen-bond donors (Lipinski definition) is 1. The highest BCUT2D eigenvalue weighted by atomic mass is 15.3. The second-order valence-corrected chi connectivity index (χ2v) is 3.37. The quantitative estimate of drug-likeness (QED) is 0.722. The summed E-state index contributed by atoms with van der Waals surface area (Å²) >= 11 is 0. The molecule has 0 aromatic carbocycles. The van der Waals surface area contributed by atoms with Gasteiger partial charge in [-0.2, -0.15) is 10.2 Å². The molecule has 0 radical (unpaired) electrons. The van der Waals surface area contributed by atoms with E-state index in [1.807, 2.05) is 33.2 Å².